The van der Waals surface area contributed by atoms with Crippen molar-refractivity contribution in [2.45, 2.75) is 30.8 Å². The molecule has 0 aliphatic carbocycles. The summed E-state index contributed by atoms with van der Waals surface area (Å²) in [6.45, 7) is 3.62. The van der Waals surface area contributed by atoms with Crippen LogP contribution in [-0.2, 0) is 14.8 Å². The molecule has 0 fully saturated rings. The minimum atomic E-state index is -4.09. The summed E-state index contributed by atoms with van der Waals surface area (Å²) in [7, 11) is -4.09. The Bertz CT molecular complexity index is 1370. The molecule has 0 aromatic heterocycles. The van der Waals surface area contributed by atoms with Gasteiger partial charge in [-0.3, -0.25) is 10.0 Å². The summed E-state index contributed by atoms with van der Waals surface area (Å²) < 4.78 is 29.3. The molecule has 0 heterocycles. The van der Waals surface area contributed by atoms with Crippen molar-refractivity contribution in [3.05, 3.63) is 137 Å². The van der Waals surface area contributed by atoms with Gasteiger partial charge in [0.1, 0.15) is 12.1 Å². The van der Waals surface area contributed by atoms with Gasteiger partial charge in [-0.1, -0.05) is 97.1 Å². The molecule has 2 N–H and O–H groups in total. The zero-order valence-electron chi connectivity index (χ0n) is 20.1. The SMILES string of the molecule is Cc1cc(C)cc(S(=O)(=O)N[C@@H](C(=O)N(O)C(c2ccccc2)c2ccccc2)c2ccccc2)c1. The van der Waals surface area contributed by atoms with Crippen LogP contribution in [0.3, 0.4) is 0 Å². The van der Waals surface area contributed by atoms with E-state index in [0.717, 1.165) is 11.1 Å². The Balaban J connectivity index is 1.76. The average molecular weight is 501 g/mol. The van der Waals surface area contributed by atoms with Gasteiger partial charge in [0.25, 0.3) is 5.91 Å². The third kappa shape index (κ3) is 5.71. The molecule has 4 aromatic carbocycles. The lowest BCUT2D eigenvalue weighted by molar-refractivity contribution is -0.175. The van der Waals surface area contributed by atoms with E-state index in [1.165, 1.54) is 0 Å². The van der Waals surface area contributed by atoms with Gasteiger partial charge in [0.15, 0.2) is 0 Å². The molecule has 0 bridgehead atoms. The summed E-state index contributed by atoms with van der Waals surface area (Å²) in [6, 6.07) is 29.5. The quantitative estimate of drug-likeness (QED) is 0.253. The largest absolute Gasteiger partial charge is 0.285 e. The van der Waals surface area contributed by atoms with Crippen LogP contribution in [-0.4, -0.2) is 24.6 Å². The van der Waals surface area contributed by atoms with Gasteiger partial charge in [-0.05, 0) is 53.8 Å². The van der Waals surface area contributed by atoms with E-state index in [2.05, 4.69) is 4.72 Å². The van der Waals surface area contributed by atoms with Crippen molar-refractivity contribution < 1.29 is 18.4 Å². The van der Waals surface area contributed by atoms with Crippen LogP contribution < -0.4 is 4.72 Å². The first-order chi connectivity index (χ1) is 17.3. The maximum Gasteiger partial charge on any atom is 0.269 e. The second kappa shape index (κ2) is 10.9. The predicted molar refractivity (Wildman–Crippen MR) is 139 cm³/mol. The molecule has 0 aliphatic heterocycles. The zero-order valence-corrected chi connectivity index (χ0v) is 20.9. The third-order valence-corrected chi connectivity index (χ3v) is 7.26. The van der Waals surface area contributed by atoms with Crippen molar-refractivity contribution in [3.63, 3.8) is 0 Å². The second-order valence-corrected chi connectivity index (χ2v) is 10.4. The van der Waals surface area contributed by atoms with Crippen LogP contribution >= 0.6 is 0 Å². The Hall–Kier alpha value is -3.78. The molecule has 0 saturated heterocycles. The van der Waals surface area contributed by atoms with E-state index in [1.54, 1.807) is 42.5 Å². The van der Waals surface area contributed by atoms with Crippen molar-refractivity contribution in [2.75, 3.05) is 0 Å². The Morgan fingerprint density at radius 1 is 0.722 bits per heavy atom. The smallest absolute Gasteiger partial charge is 0.269 e. The Morgan fingerprint density at radius 2 is 1.14 bits per heavy atom. The molecular weight excluding hydrogens is 472 g/mol. The molecule has 4 aromatic rings. The standard InChI is InChI=1S/C29H28N2O4S/c1-21-18-22(2)20-26(19-21)36(34,35)30-27(23-12-6-3-7-13-23)29(32)31(33)28(24-14-8-4-9-15-24)25-16-10-5-11-17-25/h3-20,27-28,30,33H,1-2H3/t27-/m1/s1. The van der Waals surface area contributed by atoms with Crippen molar-refractivity contribution in [2.24, 2.45) is 0 Å². The minimum absolute atomic E-state index is 0.0564. The van der Waals surface area contributed by atoms with Gasteiger partial charge < -0.3 is 0 Å². The summed E-state index contributed by atoms with van der Waals surface area (Å²) >= 11 is 0. The number of rotatable bonds is 8. The maximum absolute atomic E-state index is 13.8. The number of hydroxylamine groups is 2. The van der Waals surface area contributed by atoms with Crippen LogP contribution in [0.1, 0.15) is 39.9 Å². The van der Waals surface area contributed by atoms with E-state index in [0.29, 0.717) is 21.8 Å². The summed E-state index contributed by atoms with van der Waals surface area (Å²) in [6.07, 6.45) is 0. The van der Waals surface area contributed by atoms with E-state index in [1.807, 2.05) is 80.6 Å². The molecule has 1 amide bonds. The molecule has 36 heavy (non-hydrogen) atoms. The van der Waals surface area contributed by atoms with Gasteiger partial charge >= 0.3 is 0 Å². The molecule has 7 heteroatoms. The van der Waals surface area contributed by atoms with Crippen LogP contribution in [0.2, 0.25) is 0 Å². The van der Waals surface area contributed by atoms with E-state index in [9.17, 15) is 18.4 Å². The summed E-state index contributed by atoms with van der Waals surface area (Å²) in [4.78, 5) is 13.9. The third-order valence-electron chi connectivity index (χ3n) is 5.86. The van der Waals surface area contributed by atoms with Crippen LogP contribution in [0, 0.1) is 13.8 Å². The van der Waals surface area contributed by atoms with Gasteiger partial charge in [0.2, 0.25) is 10.0 Å². The highest BCUT2D eigenvalue weighted by atomic mass is 32.2. The summed E-state index contributed by atoms with van der Waals surface area (Å²) in [5.74, 6) is -0.799. The number of nitrogens with one attached hydrogen (secondary N) is 1. The van der Waals surface area contributed by atoms with Crippen molar-refractivity contribution in [3.8, 4) is 0 Å². The average Bonchev–Trinajstić information content (AvgIpc) is 2.88. The van der Waals surface area contributed by atoms with Gasteiger partial charge in [-0.2, -0.15) is 4.72 Å². The number of carbonyl (C=O) groups excluding carboxylic acids is 1. The van der Waals surface area contributed by atoms with Crippen molar-refractivity contribution >= 4 is 15.9 Å². The molecule has 4 rings (SSSR count). The minimum Gasteiger partial charge on any atom is -0.285 e. The summed E-state index contributed by atoms with van der Waals surface area (Å²) in [5, 5.41) is 11.9. The number of sulfonamides is 1. The lowest BCUT2D eigenvalue weighted by Gasteiger charge is -2.30. The number of hydrogen-bond donors (Lipinski definition) is 2. The zero-order chi connectivity index (χ0) is 25.7. The monoisotopic (exact) mass is 500 g/mol. The van der Waals surface area contributed by atoms with E-state index >= 15 is 0 Å². The number of amides is 1. The lowest BCUT2D eigenvalue weighted by Crippen LogP contribution is -2.43. The molecule has 6 nitrogen and oxygen atoms in total. The molecule has 0 aliphatic rings. The Kier molecular flexibility index (Phi) is 7.64. The van der Waals surface area contributed by atoms with Gasteiger partial charge in [-0.15, -0.1) is 0 Å². The van der Waals surface area contributed by atoms with Gasteiger partial charge in [0.05, 0.1) is 4.90 Å². The number of carbonyl (C=O) groups is 1. The van der Waals surface area contributed by atoms with Gasteiger partial charge in [-0.25, -0.2) is 13.5 Å². The van der Waals surface area contributed by atoms with Crippen LogP contribution in [0.4, 0.5) is 0 Å². The Morgan fingerprint density at radius 3 is 1.58 bits per heavy atom. The first kappa shape index (κ1) is 25.3. The molecule has 0 unspecified atom stereocenters. The van der Waals surface area contributed by atoms with E-state index in [-0.39, 0.29) is 4.90 Å². The van der Waals surface area contributed by atoms with Crippen molar-refractivity contribution in [1.82, 2.24) is 9.79 Å². The normalized spacial score (nSPS) is 12.3. The number of nitrogens with zero attached hydrogens (tertiary/aromatic N) is 1. The Labute approximate surface area is 211 Å². The van der Waals surface area contributed by atoms with E-state index < -0.39 is 28.0 Å². The van der Waals surface area contributed by atoms with Crippen LogP contribution in [0.25, 0.3) is 0 Å². The van der Waals surface area contributed by atoms with Gasteiger partial charge in [0, 0.05) is 0 Å². The molecule has 0 saturated carbocycles. The number of hydrogen-bond acceptors (Lipinski definition) is 4. The van der Waals surface area contributed by atoms with E-state index in [4.69, 9.17) is 0 Å². The fraction of sp³-hybridized carbons (Fsp3) is 0.138. The molecule has 1 atom stereocenters. The fourth-order valence-corrected chi connectivity index (χ4v) is 5.59. The fourth-order valence-electron chi connectivity index (χ4n) is 4.22. The molecule has 184 valence electrons. The van der Waals surface area contributed by atoms with Crippen LogP contribution in [0.15, 0.2) is 114 Å². The first-order valence-electron chi connectivity index (χ1n) is 11.5. The predicted octanol–water partition coefficient (Wildman–Crippen LogP) is 5.33. The highest BCUT2D eigenvalue weighted by molar-refractivity contribution is 7.89. The number of benzene rings is 4. The maximum atomic E-state index is 13.8. The topological polar surface area (TPSA) is 86.7 Å². The second-order valence-electron chi connectivity index (χ2n) is 8.70. The lowest BCUT2D eigenvalue weighted by atomic mass is 9.97. The summed E-state index contributed by atoms with van der Waals surface area (Å²) in [5.41, 5.74) is 3.35. The molecule has 0 spiro atoms. The molecule has 0 radical (unpaired) electrons. The van der Waals surface area contributed by atoms with Crippen LogP contribution in [0.5, 0.6) is 0 Å². The van der Waals surface area contributed by atoms with Crippen molar-refractivity contribution in [1.29, 1.82) is 0 Å². The first-order valence-corrected chi connectivity index (χ1v) is 13.0. The highest BCUT2D eigenvalue weighted by Gasteiger charge is 2.35. The highest BCUT2D eigenvalue weighted by Crippen LogP contribution is 2.30. The number of aryl methyl sites for hydroxylation is 2. The molecular formula is C29H28N2O4S.